The highest BCUT2D eigenvalue weighted by Gasteiger charge is 2.17. The minimum Gasteiger partial charge on any atom is -0.463 e. The number of nitrogens with one attached hydrogen (secondary N) is 1. The van der Waals surface area contributed by atoms with Crippen LogP contribution in [0.3, 0.4) is 0 Å². The van der Waals surface area contributed by atoms with Gasteiger partial charge in [-0.2, -0.15) is 24.7 Å². The molecule has 2 rings (SSSR count). The summed E-state index contributed by atoms with van der Waals surface area (Å²) in [5.74, 6) is 5.77. The van der Waals surface area contributed by atoms with Gasteiger partial charge in [0, 0.05) is 13.5 Å². The zero-order valence-corrected chi connectivity index (χ0v) is 12.1. The molecule has 0 aliphatic heterocycles. The number of rotatable bonds is 7. The first kappa shape index (κ1) is 15.1. The van der Waals surface area contributed by atoms with E-state index in [1.165, 1.54) is 17.3 Å². The topological polar surface area (TPSA) is 126 Å². The van der Waals surface area contributed by atoms with Gasteiger partial charge >= 0.3 is 6.01 Å². The van der Waals surface area contributed by atoms with Crippen LogP contribution >= 0.6 is 0 Å². The van der Waals surface area contributed by atoms with Crippen LogP contribution in [0, 0.1) is 0 Å². The summed E-state index contributed by atoms with van der Waals surface area (Å²) in [4.78, 5) is 16.1. The molecule has 0 spiro atoms. The van der Waals surface area contributed by atoms with Crippen LogP contribution in [0.5, 0.6) is 6.01 Å². The summed E-state index contributed by atoms with van der Waals surface area (Å²) >= 11 is 0. The number of hydrazine groups is 1. The summed E-state index contributed by atoms with van der Waals surface area (Å²) in [6.45, 7) is 4.33. The number of nitrogens with zero attached hydrogens (tertiary/aromatic N) is 6. The maximum atomic E-state index is 5.53. The van der Waals surface area contributed by atoms with Crippen LogP contribution in [-0.2, 0) is 4.74 Å². The quantitative estimate of drug-likeness (QED) is 0.533. The number of anilines is 1. The van der Waals surface area contributed by atoms with Crippen molar-refractivity contribution >= 4 is 5.95 Å². The third kappa shape index (κ3) is 4.07. The van der Waals surface area contributed by atoms with Crippen LogP contribution in [0.2, 0.25) is 0 Å². The lowest BCUT2D eigenvalue weighted by molar-refractivity contribution is 0.00466. The van der Waals surface area contributed by atoms with Crippen LogP contribution in [0.1, 0.15) is 20.3 Å². The highest BCUT2D eigenvalue weighted by atomic mass is 16.5. The number of ether oxygens (including phenoxy) is 2. The average Bonchev–Trinajstić information content (AvgIpc) is 3.01. The van der Waals surface area contributed by atoms with Gasteiger partial charge in [-0.05, 0) is 13.8 Å². The number of methoxy groups -OCH3 is 1. The highest BCUT2D eigenvalue weighted by Crippen LogP contribution is 2.14. The summed E-state index contributed by atoms with van der Waals surface area (Å²) in [6.07, 6.45) is 3.52. The molecule has 2 heterocycles. The molecule has 3 N–H and O–H groups in total. The Bertz CT molecular complexity index is 572. The van der Waals surface area contributed by atoms with Crippen LogP contribution in [-0.4, -0.2) is 49.0 Å². The number of hydrogen-bond donors (Lipinski definition) is 2. The molecule has 0 radical (unpaired) electrons. The Labute approximate surface area is 121 Å². The lowest BCUT2D eigenvalue weighted by Gasteiger charge is -2.22. The van der Waals surface area contributed by atoms with E-state index in [1.807, 2.05) is 13.8 Å². The minimum absolute atomic E-state index is 0.148. The molecule has 2 aromatic rings. The second-order valence-corrected chi connectivity index (χ2v) is 4.79. The summed E-state index contributed by atoms with van der Waals surface area (Å²) < 4.78 is 12.2. The van der Waals surface area contributed by atoms with Gasteiger partial charge in [0.2, 0.25) is 5.95 Å². The Kier molecular flexibility index (Phi) is 4.60. The van der Waals surface area contributed by atoms with Crippen molar-refractivity contribution in [3.63, 3.8) is 0 Å². The molecule has 0 aliphatic rings. The summed E-state index contributed by atoms with van der Waals surface area (Å²) in [5, 5.41) is 3.94. The lowest BCUT2D eigenvalue weighted by Crippen LogP contribution is -2.25. The lowest BCUT2D eigenvalue weighted by atomic mass is 10.1. The molecule has 0 aliphatic carbocycles. The molecule has 10 heteroatoms. The van der Waals surface area contributed by atoms with E-state index >= 15 is 0 Å². The van der Waals surface area contributed by atoms with Gasteiger partial charge in [0.05, 0.1) is 12.2 Å². The number of nitrogens with two attached hydrogens (primary N) is 1. The molecule has 2 aromatic heterocycles. The largest absolute Gasteiger partial charge is 0.463 e. The van der Waals surface area contributed by atoms with Crippen molar-refractivity contribution in [3.05, 3.63) is 12.7 Å². The summed E-state index contributed by atoms with van der Waals surface area (Å²) in [7, 11) is 1.65. The maximum Gasteiger partial charge on any atom is 0.323 e. The fraction of sp³-hybridized carbons (Fsp3) is 0.545. The molecule has 10 nitrogen and oxygen atoms in total. The molecule has 0 aromatic carbocycles. The molecule has 0 bridgehead atoms. The first-order valence-corrected chi connectivity index (χ1v) is 6.30. The van der Waals surface area contributed by atoms with Gasteiger partial charge in [-0.3, -0.25) is 5.43 Å². The zero-order chi connectivity index (χ0) is 15.3. The fourth-order valence-corrected chi connectivity index (χ4v) is 1.38. The third-order valence-corrected chi connectivity index (χ3v) is 2.84. The molecule has 0 amide bonds. The van der Waals surface area contributed by atoms with E-state index in [-0.39, 0.29) is 23.5 Å². The average molecular weight is 294 g/mol. The first-order valence-electron chi connectivity index (χ1n) is 6.30. The molecule has 0 saturated heterocycles. The summed E-state index contributed by atoms with van der Waals surface area (Å²) in [6, 6.07) is 0.148. The predicted molar refractivity (Wildman–Crippen MR) is 73.8 cm³/mol. The Balaban J connectivity index is 2.10. The van der Waals surface area contributed by atoms with E-state index in [4.69, 9.17) is 15.3 Å². The molecular formula is C11H18N8O2. The van der Waals surface area contributed by atoms with Gasteiger partial charge in [-0.25, -0.2) is 10.8 Å². The van der Waals surface area contributed by atoms with Gasteiger partial charge in [0.25, 0.3) is 5.95 Å². The maximum absolute atomic E-state index is 5.53. The number of aromatic nitrogens is 6. The van der Waals surface area contributed by atoms with Crippen molar-refractivity contribution < 1.29 is 9.47 Å². The van der Waals surface area contributed by atoms with Gasteiger partial charge in [0.15, 0.2) is 0 Å². The molecule has 0 saturated carbocycles. The van der Waals surface area contributed by atoms with Gasteiger partial charge < -0.3 is 9.47 Å². The van der Waals surface area contributed by atoms with Crippen molar-refractivity contribution in [1.29, 1.82) is 0 Å². The molecule has 0 atom stereocenters. The van der Waals surface area contributed by atoms with Crippen molar-refractivity contribution in [1.82, 2.24) is 29.7 Å². The Hall–Kier alpha value is -2.33. The SMILES string of the molecule is COC(C)(C)CCOc1nc(NN)nc(-n2cncn2)n1. The predicted octanol–water partition coefficient (Wildman–Crippen LogP) is -0.0682. The monoisotopic (exact) mass is 294 g/mol. The number of nitrogen functional groups attached to an aromatic ring is 1. The van der Waals surface area contributed by atoms with E-state index in [0.29, 0.717) is 13.0 Å². The third-order valence-electron chi connectivity index (χ3n) is 2.84. The standard InChI is InChI=1S/C11H18N8O2/c1-11(2,20-3)4-5-21-10-16-8(18-12)15-9(17-10)19-7-13-6-14-19/h6-7H,4-5,12H2,1-3H3,(H,15,16,17,18). The minimum atomic E-state index is -0.281. The van der Waals surface area contributed by atoms with E-state index in [9.17, 15) is 0 Å². The van der Waals surface area contributed by atoms with Gasteiger partial charge in [-0.1, -0.05) is 0 Å². The Morgan fingerprint density at radius 2 is 2.14 bits per heavy atom. The summed E-state index contributed by atoms with van der Waals surface area (Å²) in [5.41, 5.74) is 2.08. The molecule has 0 unspecified atom stereocenters. The number of hydrogen-bond acceptors (Lipinski definition) is 9. The molecule has 21 heavy (non-hydrogen) atoms. The second-order valence-electron chi connectivity index (χ2n) is 4.79. The van der Waals surface area contributed by atoms with Crippen molar-refractivity contribution in [2.24, 2.45) is 5.84 Å². The second kappa shape index (κ2) is 6.41. The molecule has 114 valence electrons. The van der Waals surface area contributed by atoms with Crippen LogP contribution in [0.25, 0.3) is 5.95 Å². The van der Waals surface area contributed by atoms with Crippen LogP contribution in [0.15, 0.2) is 12.7 Å². The van der Waals surface area contributed by atoms with E-state index in [0.717, 1.165) is 0 Å². The van der Waals surface area contributed by atoms with Crippen LogP contribution < -0.4 is 16.0 Å². The normalized spacial score (nSPS) is 11.4. The van der Waals surface area contributed by atoms with E-state index < -0.39 is 0 Å². The molecular weight excluding hydrogens is 276 g/mol. The van der Waals surface area contributed by atoms with Crippen molar-refractivity contribution in [2.45, 2.75) is 25.9 Å². The zero-order valence-electron chi connectivity index (χ0n) is 12.1. The Morgan fingerprint density at radius 3 is 2.76 bits per heavy atom. The van der Waals surface area contributed by atoms with Crippen molar-refractivity contribution in [2.75, 3.05) is 19.1 Å². The van der Waals surface area contributed by atoms with Crippen molar-refractivity contribution in [3.8, 4) is 12.0 Å². The van der Waals surface area contributed by atoms with E-state index in [2.05, 4.69) is 30.5 Å². The van der Waals surface area contributed by atoms with Gasteiger partial charge in [-0.15, -0.1) is 0 Å². The smallest absolute Gasteiger partial charge is 0.323 e. The highest BCUT2D eigenvalue weighted by molar-refractivity contribution is 5.27. The molecule has 0 fully saturated rings. The fourth-order valence-electron chi connectivity index (χ4n) is 1.38. The van der Waals surface area contributed by atoms with Gasteiger partial charge in [0.1, 0.15) is 12.7 Å². The Morgan fingerprint density at radius 1 is 1.33 bits per heavy atom. The first-order chi connectivity index (χ1) is 10.0. The van der Waals surface area contributed by atoms with Crippen LogP contribution in [0.4, 0.5) is 5.95 Å². The van der Waals surface area contributed by atoms with E-state index in [1.54, 1.807) is 7.11 Å².